The van der Waals surface area contributed by atoms with Crippen molar-refractivity contribution in [3.8, 4) is 0 Å². The molecule has 1 aromatic heterocycles. The van der Waals surface area contributed by atoms with Crippen LogP contribution in [0.15, 0.2) is 24.5 Å². The number of carbonyl (C=O) groups is 2. The van der Waals surface area contributed by atoms with Gasteiger partial charge in [0.15, 0.2) is 0 Å². The lowest BCUT2D eigenvalue weighted by Gasteiger charge is -2.03. The van der Waals surface area contributed by atoms with Crippen LogP contribution in [0, 0.1) is 0 Å². The van der Waals surface area contributed by atoms with E-state index in [0.29, 0.717) is 18.5 Å². The molecule has 0 aliphatic heterocycles. The molecule has 1 aromatic carbocycles. The fraction of sp³-hybridized carbons (Fsp3) is 0.250. The number of amides is 1. The standard InChI is InChI=1S/C12H13N3O3/c1-13-10(16)5-6-15-7-14-11-8(12(17)18)3-2-4-9(11)15/h2-4,7H,5-6H2,1H3,(H,13,16)(H,17,18). The molecule has 0 spiro atoms. The number of fused-ring (bicyclic) bond motifs is 1. The van der Waals surface area contributed by atoms with E-state index in [4.69, 9.17) is 5.11 Å². The van der Waals surface area contributed by atoms with Gasteiger partial charge >= 0.3 is 5.97 Å². The molecule has 0 bridgehead atoms. The third-order valence-corrected chi connectivity index (χ3v) is 2.74. The molecule has 18 heavy (non-hydrogen) atoms. The van der Waals surface area contributed by atoms with E-state index in [2.05, 4.69) is 10.3 Å². The first-order valence-corrected chi connectivity index (χ1v) is 5.51. The summed E-state index contributed by atoms with van der Waals surface area (Å²) in [4.78, 5) is 26.3. The summed E-state index contributed by atoms with van der Waals surface area (Å²) in [6.07, 6.45) is 1.89. The van der Waals surface area contributed by atoms with Gasteiger partial charge in [-0.05, 0) is 12.1 Å². The third kappa shape index (κ3) is 2.17. The maximum Gasteiger partial charge on any atom is 0.337 e. The number of nitrogens with one attached hydrogen (secondary N) is 1. The van der Waals surface area contributed by atoms with E-state index in [1.807, 2.05) is 0 Å². The number of imidazole rings is 1. The lowest BCUT2D eigenvalue weighted by atomic mass is 10.2. The van der Waals surface area contributed by atoms with Gasteiger partial charge in [0.25, 0.3) is 0 Å². The fourth-order valence-corrected chi connectivity index (χ4v) is 1.79. The van der Waals surface area contributed by atoms with Gasteiger partial charge in [-0.3, -0.25) is 4.79 Å². The average molecular weight is 247 g/mol. The van der Waals surface area contributed by atoms with Crippen molar-refractivity contribution in [2.45, 2.75) is 13.0 Å². The molecule has 0 saturated heterocycles. The Bertz CT molecular complexity index is 604. The van der Waals surface area contributed by atoms with Crippen LogP contribution in [0.3, 0.4) is 0 Å². The molecule has 2 aromatic rings. The van der Waals surface area contributed by atoms with Gasteiger partial charge in [0, 0.05) is 20.0 Å². The molecule has 1 amide bonds. The number of aryl methyl sites for hydroxylation is 1. The van der Waals surface area contributed by atoms with E-state index < -0.39 is 5.97 Å². The highest BCUT2D eigenvalue weighted by Gasteiger charge is 2.12. The van der Waals surface area contributed by atoms with Gasteiger partial charge < -0.3 is 15.0 Å². The molecule has 0 aliphatic rings. The van der Waals surface area contributed by atoms with Gasteiger partial charge in [-0.1, -0.05) is 6.07 Å². The maximum atomic E-state index is 11.2. The summed E-state index contributed by atoms with van der Waals surface area (Å²) in [6.45, 7) is 0.471. The van der Waals surface area contributed by atoms with E-state index in [9.17, 15) is 9.59 Å². The molecule has 0 radical (unpaired) electrons. The van der Waals surface area contributed by atoms with Crippen LogP contribution >= 0.6 is 0 Å². The number of aromatic carboxylic acids is 1. The zero-order chi connectivity index (χ0) is 13.1. The zero-order valence-electron chi connectivity index (χ0n) is 9.88. The van der Waals surface area contributed by atoms with E-state index in [0.717, 1.165) is 5.52 Å². The minimum Gasteiger partial charge on any atom is -0.478 e. The van der Waals surface area contributed by atoms with Crippen LogP contribution in [0.5, 0.6) is 0 Å². The first-order valence-electron chi connectivity index (χ1n) is 5.51. The monoisotopic (exact) mass is 247 g/mol. The predicted octanol–water partition coefficient (Wildman–Crippen LogP) is 0.871. The normalized spacial score (nSPS) is 10.5. The molecule has 6 heteroatoms. The molecule has 0 saturated carbocycles. The summed E-state index contributed by atoms with van der Waals surface area (Å²) in [7, 11) is 1.58. The Kier molecular flexibility index (Phi) is 3.27. The Morgan fingerprint density at radius 1 is 1.44 bits per heavy atom. The summed E-state index contributed by atoms with van der Waals surface area (Å²) in [5, 5.41) is 11.6. The van der Waals surface area contributed by atoms with Crippen molar-refractivity contribution < 1.29 is 14.7 Å². The largest absolute Gasteiger partial charge is 0.478 e. The lowest BCUT2D eigenvalue weighted by Crippen LogP contribution is -2.19. The summed E-state index contributed by atoms with van der Waals surface area (Å²) >= 11 is 0. The number of carboxylic acid groups (broad SMARTS) is 1. The van der Waals surface area contributed by atoms with Crippen LogP contribution in [-0.2, 0) is 11.3 Å². The number of para-hydroxylation sites is 1. The second kappa shape index (κ2) is 4.87. The molecule has 0 aliphatic carbocycles. The number of benzene rings is 1. The number of rotatable bonds is 4. The molecule has 1 heterocycles. The van der Waals surface area contributed by atoms with E-state index in [-0.39, 0.29) is 11.5 Å². The van der Waals surface area contributed by atoms with Crippen LogP contribution in [0.2, 0.25) is 0 Å². The van der Waals surface area contributed by atoms with Gasteiger partial charge in [0.2, 0.25) is 5.91 Å². The molecule has 0 unspecified atom stereocenters. The maximum absolute atomic E-state index is 11.2. The van der Waals surface area contributed by atoms with Crippen LogP contribution in [0.1, 0.15) is 16.8 Å². The van der Waals surface area contributed by atoms with Crippen molar-refractivity contribution in [3.63, 3.8) is 0 Å². The van der Waals surface area contributed by atoms with Crippen LogP contribution in [0.4, 0.5) is 0 Å². The molecule has 0 atom stereocenters. The lowest BCUT2D eigenvalue weighted by molar-refractivity contribution is -0.120. The topological polar surface area (TPSA) is 84.2 Å². The number of carbonyl (C=O) groups excluding carboxylic acids is 1. The van der Waals surface area contributed by atoms with Crippen molar-refractivity contribution in [1.82, 2.24) is 14.9 Å². The van der Waals surface area contributed by atoms with Crippen molar-refractivity contribution in [3.05, 3.63) is 30.1 Å². The van der Waals surface area contributed by atoms with Crippen LogP contribution < -0.4 is 5.32 Å². The molecular weight excluding hydrogens is 234 g/mol. The Morgan fingerprint density at radius 3 is 2.89 bits per heavy atom. The Labute approximate surface area is 103 Å². The molecule has 0 fully saturated rings. The Balaban J connectivity index is 2.34. The van der Waals surface area contributed by atoms with Gasteiger partial charge in [-0.2, -0.15) is 0 Å². The first kappa shape index (κ1) is 12.1. The molecule has 94 valence electrons. The van der Waals surface area contributed by atoms with E-state index in [1.54, 1.807) is 30.1 Å². The fourth-order valence-electron chi connectivity index (χ4n) is 1.79. The van der Waals surface area contributed by atoms with Gasteiger partial charge in [0.05, 0.1) is 17.4 Å². The summed E-state index contributed by atoms with van der Waals surface area (Å²) in [5.74, 6) is -1.07. The van der Waals surface area contributed by atoms with E-state index >= 15 is 0 Å². The summed E-state index contributed by atoms with van der Waals surface area (Å²) in [6, 6.07) is 4.98. The highest BCUT2D eigenvalue weighted by Crippen LogP contribution is 2.17. The number of hydrogen-bond acceptors (Lipinski definition) is 3. The summed E-state index contributed by atoms with van der Waals surface area (Å²) in [5.41, 5.74) is 1.34. The highest BCUT2D eigenvalue weighted by molar-refractivity contribution is 6.00. The van der Waals surface area contributed by atoms with Gasteiger partial charge in [0.1, 0.15) is 5.52 Å². The van der Waals surface area contributed by atoms with Crippen LogP contribution in [-0.4, -0.2) is 33.6 Å². The van der Waals surface area contributed by atoms with Crippen molar-refractivity contribution in [2.24, 2.45) is 0 Å². The third-order valence-electron chi connectivity index (χ3n) is 2.74. The quantitative estimate of drug-likeness (QED) is 0.839. The minimum absolute atomic E-state index is 0.0637. The number of carboxylic acids is 1. The Morgan fingerprint density at radius 2 is 2.22 bits per heavy atom. The van der Waals surface area contributed by atoms with Gasteiger partial charge in [-0.25, -0.2) is 9.78 Å². The average Bonchev–Trinajstić information content (AvgIpc) is 2.78. The Hall–Kier alpha value is -2.37. The highest BCUT2D eigenvalue weighted by atomic mass is 16.4. The molecule has 2 N–H and O–H groups in total. The SMILES string of the molecule is CNC(=O)CCn1cnc2c(C(=O)O)cccc21. The summed E-state index contributed by atoms with van der Waals surface area (Å²) < 4.78 is 1.77. The first-order chi connectivity index (χ1) is 8.63. The van der Waals surface area contributed by atoms with Crippen molar-refractivity contribution in [1.29, 1.82) is 0 Å². The zero-order valence-corrected chi connectivity index (χ0v) is 9.88. The number of nitrogens with zero attached hydrogens (tertiary/aromatic N) is 2. The molecular formula is C12H13N3O3. The van der Waals surface area contributed by atoms with E-state index in [1.165, 1.54) is 6.07 Å². The van der Waals surface area contributed by atoms with Crippen molar-refractivity contribution >= 4 is 22.9 Å². The van der Waals surface area contributed by atoms with Gasteiger partial charge in [-0.15, -0.1) is 0 Å². The number of hydrogen-bond donors (Lipinski definition) is 2. The van der Waals surface area contributed by atoms with Crippen LogP contribution in [0.25, 0.3) is 11.0 Å². The number of aromatic nitrogens is 2. The van der Waals surface area contributed by atoms with Crippen molar-refractivity contribution in [2.75, 3.05) is 7.05 Å². The molecule has 6 nitrogen and oxygen atoms in total. The minimum atomic E-state index is -1.00. The second-order valence-electron chi connectivity index (χ2n) is 3.84. The second-order valence-corrected chi connectivity index (χ2v) is 3.84. The smallest absolute Gasteiger partial charge is 0.337 e. The predicted molar refractivity (Wildman–Crippen MR) is 65.4 cm³/mol. The molecule has 2 rings (SSSR count).